The third-order valence-corrected chi connectivity index (χ3v) is 5.49. The summed E-state index contributed by atoms with van der Waals surface area (Å²) >= 11 is 0. The van der Waals surface area contributed by atoms with Gasteiger partial charge in [0.15, 0.2) is 0 Å². The molecule has 1 unspecified atom stereocenters. The average molecular weight is 298 g/mol. The number of nitrogens with zero attached hydrogens (tertiary/aromatic N) is 1. The van der Waals surface area contributed by atoms with Gasteiger partial charge in [-0.1, -0.05) is 71.1 Å². The monoisotopic (exact) mass is 297 g/mol. The highest BCUT2D eigenvalue weighted by Gasteiger charge is 2.35. The van der Waals surface area contributed by atoms with E-state index in [1.807, 2.05) is 0 Å². The average Bonchev–Trinajstić information content (AvgIpc) is 2.47. The molecule has 0 amide bonds. The van der Waals surface area contributed by atoms with Crippen LogP contribution < -0.4 is 0 Å². The van der Waals surface area contributed by atoms with Crippen LogP contribution in [0.1, 0.15) is 96.8 Å². The molecule has 1 N–H and O–H groups in total. The summed E-state index contributed by atoms with van der Waals surface area (Å²) in [7, 11) is 4.40. The van der Waals surface area contributed by atoms with Gasteiger partial charge in [-0.25, -0.2) is 0 Å². The van der Waals surface area contributed by atoms with Crippen molar-refractivity contribution < 1.29 is 5.11 Å². The van der Waals surface area contributed by atoms with Crippen LogP contribution in [0.4, 0.5) is 0 Å². The van der Waals surface area contributed by atoms with E-state index in [4.69, 9.17) is 0 Å². The van der Waals surface area contributed by atoms with Crippen molar-refractivity contribution in [3.05, 3.63) is 0 Å². The highest BCUT2D eigenvalue weighted by molar-refractivity contribution is 4.92. The molecule has 0 saturated heterocycles. The lowest BCUT2D eigenvalue weighted by Crippen LogP contribution is -2.48. The van der Waals surface area contributed by atoms with Gasteiger partial charge in [-0.2, -0.15) is 0 Å². The predicted molar refractivity (Wildman–Crippen MR) is 92.7 cm³/mol. The van der Waals surface area contributed by atoms with E-state index in [0.717, 1.165) is 12.8 Å². The lowest BCUT2D eigenvalue weighted by Gasteiger charge is -2.44. The lowest BCUT2D eigenvalue weighted by molar-refractivity contribution is 0.0290. The van der Waals surface area contributed by atoms with Crippen LogP contribution in [0.5, 0.6) is 0 Å². The van der Waals surface area contributed by atoms with Gasteiger partial charge in [0, 0.05) is 5.54 Å². The molecule has 0 aromatic rings. The van der Waals surface area contributed by atoms with Crippen molar-refractivity contribution in [3.8, 4) is 0 Å². The van der Waals surface area contributed by atoms with Gasteiger partial charge in [-0.15, -0.1) is 0 Å². The van der Waals surface area contributed by atoms with E-state index in [1.54, 1.807) is 0 Å². The van der Waals surface area contributed by atoms with Gasteiger partial charge in [0.2, 0.25) is 0 Å². The minimum Gasteiger partial charge on any atom is -0.393 e. The quantitative estimate of drug-likeness (QED) is 0.534. The second-order valence-electron chi connectivity index (χ2n) is 7.45. The third kappa shape index (κ3) is 7.15. The molecule has 0 radical (unpaired) electrons. The van der Waals surface area contributed by atoms with Crippen LogP contribution in [-0.2, 0) is 0 Å². The van der Waals surface area contributed by atoms with Crippen molar-refractivity contribution in [2.24, 2.45) is 0 Å². The fourth-order valence-electron chi connectivity index (χ4n) is 3.92. The molecule has 1 aliphatic carbocycles. The minimum atomic E-state index is -0.0962. The molecule has 1 atom stereocenters. The molecule has 0 aromatic carbocycles. The maximum absolute atomic E-state index is 10.4. The Bertz CT molecular complexity index is 246. The van der Waals surface area contributed by atoms with Crippen molar-refractivity contribution >= 4 is 0 Å². The smallest absolute Gasteiger partial charge is 0.0557 e. The summed E-state index contributed by atoms with van der Waals surface area (Å²) in [5.41, 5.74) is 0.277. The summed E-state index contributed by atoms with van der Waals surface area (Å²) in [6, 6.07) is 0. The summed E-state index contributed by atoms with van der Waals surface area (Å²) in [5, 5.41) is 10.4. The van der Waals surface area contributed by atoms with Gasteiger partial charge in [0.1, 0.15) is 0 Å². The zero-order valence-electron chi connectivity index (χ0n) is 14.9. The largest absolute Gasteiger partial charge is 0.393 e. The number of aliphatic hydroxyl groups is 1. The second-order valence-corrected chi connectivity index (χ2v) is 7.45. The van der Waals surface area contributed by atoms with Gasteiger partial charge >= 0.3 is 0 Å². The van der Waals surface area contributed by atoms with E-state index in [0.29, 0.717) is 0 Å². The van der Waals surface area contributed by atoms with Gasteiger partial charge < -0.3 is 10.0 Å². The highest BCUT2D eigenvalue weighted by Crippen LogP contribution is 2.36. The summed E-state index contributed by atoms with van der Waals surface area (Å²) in [6.45, 7) is 2.27. The Labute approximate surface area is 133 Å². The molecule has 1 saturated carbocycles. The highest BCUT2D eigenvalue weighted by atomic mass is 16.3. The van der Waals surface area contributed by atoms with E-state index in [2.05, 4.69) is 25.9 Å². The Morgan fingerprint density at radius 3 is 2.05 bits per heavy atom. The van der Waals surface area contributed by atoms with Crippen LogP contribution in [0.25, 0.3) is 0 Å². The standard InChI is InChI=1S/C19H39NO/c1-4-5-6-7-8-9-11-14-18(21)17-19(20(2)3)15-12-10-13-16-19/h18,21H,4-17H2,1-3H3. The van der Waals surface area contributed by atoms with Gasteiger partial charge in [0.25, 0.3) is 0 Å². The van der Waals surface area contributed by atoms with Crippen LogP contribution in [-0.4, -0.2) is 35.7 Å². The van der Waals surface area contributed by atoms with Crippen LogP contribution in [0, 0.1) is 0 Å². The first-order valence-corrected chi connectivity index (χ1v) is 9.46. The molecule has 0 heterocycles. The fraction of sp³-hybridized carbons (Fsp3) is 1.00. The molecule has 1 aliphatic rings. The Morgan fingerprint density at radius 1 is 0.905 bits per heavy atom. The first-order chi connectivity index (χ1) is 10.1. The molecule has 126 valence electrons. The maximum Gasteiger partial charge on any atom is 0.0557 e. The van der Waals surface area contributed by atoms with Crippen LogP contribution in [0.15, 0.2) is 0 Å². The molecule has 0 spiro atoms. The van der Waals surface area contributed by atoms with Crippen molar-refractivity contribution in [2.75, 3.05) is 14.1 Å². The number of aliphatic hydroxyl groups excluding tert-OH is 1. The summed E-state index contributed by atoms with van der Waals surface area (Å²) in [5.74, 6) is 0. The molecule has 0 aromatic heterocycles. The van der Waals surface area contributed by atoms with Crippen LogP contribution >= 0.6 is 0 Å². The Morgan fingerprint density at radius 2 is 1.48 bits per heavy atom. The minimum absolute atomic E-state index is 0.0962. The summed E-state index contributed by atoms with van der Waals surface area (Å²) in [4.78, 5) is 2.39. The van der Waals surface area contributed by atoms with Crippen LogP contribution in [0.3, 0.4) is 0 Å². The summed E-state index contributed by atoms with van der Waals surface area (Å²) in [6.07, 6.45) is 17.8. The molecule has 1 fully saturated rings. The lowest BCUT2D eigenvalue weighted by atomic mass is 9.76. The summed E-state index contributed by atoms with van der Waals surface area (Å²) < 4.78 is 0. The van der Waals surface area contributed by atoms with Crippen molar-refractivity contribution in [3.63, 3.8) is 0 Å². The Hall–Kier alpha value is -0.0800. The Balaban J connectivity index is 2.17. The molecule has 0 aliphatic heterocycles. The van der Waals surface area contributed by atoms with Gasteiger partial charge in [-0.3, -0.25) is 0 Å². The first kappa shape index (κ1) is 19.0. The van der Waals surface area contributed by atoms with Crippen molar-refractivity contribution in [2.45, 2.75) is 108 Å². The van der Waals surface area contributed by atoms with Crippen molar-refractivity contribution in [1.29, 1.82) is 0 Å². The van der Waals surface area contributed by atoms with Crippen molar-refractivity contribution in [1.82, 2.24) is 4.90 Å². The van der Waals surface area contributed by atoms with E-state index < -0.39 is 0 Å². The Kier molecular flexibility index (Phi) is 9.59. The molecule has 1 rings (SSSR count). The normalized spacial score (nSPS) is 19.9. The number of unbranched alkanes of at least 4 members (excludes halogenated alkanes) is 6. The molecule has 2 heteroatoms. The third-order valence-electron chi connectivity index (χ3n) is 5.49. The number of hydrogen-bond acceptors (Lipinski definition) is 2. The van der Waals surface area contributed by atoms with E-state index in [1.165, 1.54) is 77.0 Å². The zero-order valence-corrected chi connectivity index (χ0v) is 14.9. The molecule has 2 nitrogen and oxygen atoms in total. The predicted octanol–water partition coefficient (Wildman–Crippen LogP) is 5.14. The second kappa shape index (κ2) is 10.6. The molecule has 0 bridgehead atoms. The van der Waals surface area contributed by atoms with E-state index in [9.17, 15) is 5.11 Å². The number of hydrogen-bond donors (Lipinski definition) is 1. The van der Waals surface area contributed by atoms with E-state index >= 15 is 0 Å². The topological polar surface area (TPSA) is 23.5 Å². The first-order valence-electron chi connectivity index (χ1n) is 9.46. The number of rotatable bonds is 11. The van der Waals surface area contributed by atoms with Crippen LogP contribution in [0.2, 0.25) is 0 Å². The van der Waals surface area contributed by atoms with E-state index in [-0.39, 0.29) is 11.6 Å². The zero-order chi connectivity index (χ0) is 15.6. The molecular weight excluding hydrogens is 258 g/mol. The van der Waals surface area contributed by atoms with Gasteiger partial charge in [0.05, 0.1) is 6.10 Å². The van der Waals surface area contributed by atoms with Gasteiger partial charge in [-0.05, 0) is 39.8 Å². The molecule has 21 heavy (non-hydrogen) atoms. The maximum atomic E-state index is 10.4. The SMILES string of the molecule is CCCCCCCCCC(O)CC1(N(C)C)CCCCC1. The molecular formula is C19H39NO. The fourth-order valence-corrected chi connectivity index (χ4v) is 3.92.